The summed E-state index contributed by atoms with van der Waals surface area (Å²) >= 11 is 12.8. The van der Waals surface area contributed by atoms with Crippen LogP contribution in [0.4, 0.5) is 5.69 Å². The van der Waals surface area contributed by atoms with Crippen molar-refractivity contribution in [2.45, 2.75) is 32.5 Å². The van der Waals surface area contributed by atoms with Gasteiger partial charge in [-0.1, -0.05) is 53.5 Å². The molecule has 1 N–H and O–H groups in total. The maximum absolute atomic E-state index is 12.7. The number of piperazine rings is 1. The lowest BCUT2D eigenvalue weighted by atomic mass is 10.0. The number of hydrogen-bond donors (Lipinski definition) is 1. The number of amides is 1. The Balaban J connectivity index is 1.16. The number of fused-ring (bicyclic) bond motifs is 1. The topological polar surface area (TPSA) is 90.8 Å². The molecule has 0 aliphatic carbocycles. The number of rotatable bonds is 10. The number of benzene rings is 3. The molecule has 3 aromatic carbocycles. The van der Waals surface area contributed by atoms with Gasteiger partial charge in [0.25, 0.3) is 5.91 Å². The number of nitrogens with zero attached hydrogens (tertiary/aromatic N) is 5. The van der Waals surface area contributed by atoms with Crippen molar-refractivity contribution >= 4 is 44.8 Å². The van der Waals surface area contributed by atoms with Gasteiger partial charge in [-0.25, -0.2) is 8.42 Å². The molecule has 0 unspecified atom stereocenters. The number of aryl methyl sites for hydroxylation is 1. The first-order chi connectivity index (χ1) is 22.2. The molecule has 3 heterocycles. The molecule has 6 rings (SSSR count). The third kappa shape index (κ3) is 7.58. The van der Waals surface area contributed by atoms with Crippen LogP contribution in [0.1, 0.15) is 33.6 Å². The third-order valence-electron chi connectivity index (χ3n) is 8.75. The number of hydrogen-bond acceptors (Lipinski definition) is 6. The normalized spacial score (nSPS) is 15.9. The van der Waals surface area contributed by atoms with E-state index in [2.05, 4.69) is 25.9 Å². The minimum atomic E-state index is -3.37. The van der Waals surface area contributed by atoms with Gasteiger partial charge in [0.2, 0.25) is 10.0 Å². The number of nitrogens with one attached hydrogen (secondary N) is 1. The predicted octanol–water partition coefficient (Wildman–Crippen LogP) is 5.32. The summed E-state index contributed by atoms with van der Waals surface area (Å²) < 4.78 is 28.6. The summed E-state index contributed by atoms with van der Waals surface area (Å²) in [5.74, 6) is -0.182. The zero-order valence-electron chi connectivity index (χ0n) is 25.8. The quantitative estimate of drug-likeness (QED) is 0.244. The van der Waals surface area contributed by atoms with Crippen LogP contribution in [0.5, 0.6) is 0 Å². The van der Waals surface area contributed by atoms with Crippen molar-refractivity contribution in [1.82, 2.24) is 24.3 Å². The minimum Gasteiger partial charge on any atom is -0.369 e. The second kappa shape index (κ2) is 14.1. The second-order valence-corrected chi connectivity index (χ2v) is 14.7. The van der Waals surface area contributed by atoms with E-state index in [0.717, 1.165) is 84.5 Å². The van der Waals surface area contributed by atoms with Gasteiger partial charge in [0.15, 0.2) is 0 Å². The van der Waals surface area contributed by atoms with E-state index in [1.54, 1.807) is 12.1 Å². The van der Waals surface area contributed by atoms with Crippen molar-refractivity contribution in [1.29, 1.82) is 0 Å². The highest BCUT2D eigenvalue weighted by atomic mass is 35.5. The SMILES string of the molecule is CS(=O)(=O)N1CCc2c(c(-c3ccc(Cl)c(CNC(=O)c4ccccc4)c3)nn2CCCN2CCN(c3cccc(Cl)c3)CC2)C1. The molecular formula is C34H38Cl2N6O3S. The van der Waals surface area contributed by atoms with Crippen molar-refractivity contribution in [3.63, 3.8) is 0 Å². The van der Waals surface area contributed by atoms with E-state index in [-0.39, 0.29) is 19.0 Å². The van der Waals surface area contributed by atoms with E-state index in [9.17, 15) is 13.2 Å². The van der Waals surface area contributed by atoms with Gasteiger partial charge < -0.3 is 10.2 Å². The lowest BCUT2D eigenvalue weighted by Gasteiger charge is -2.36. The molecule has 12 heteroatoms. The van der Waals surface area contributed by atoms with Crippen LogP contribution >= 0.6 is 23.2 Å². The number of halogens is 2. The Hall–Kier alpha value is -3.41. The summed E-state index contributed by atoms with van der Waals surface area (Å²) in [5, 5.41) is 9.31. The monoisotopic (exact) mass is 680 g/mol. The van der Waals surface area contributed by atoms with Gasteiger partial charge in [0.05, 0.1) is 11.9 Å². The van der Waals surface area contributed by atoms with Crippen LogP contribution in [0.3, 0.4) is 0 Å². The van der Waals surface area contributed by atoms with E-state index in [4.69, 9.17) is 28.3 Å². The summed E-state index contributed by atoms with van der Waals surface area (Å²) in [6.07, 6.45) is 2.78. The van der Waals surface area contributed by atoms with Crippen molar-refractivity contribution in [2.75, 3.05) is 50.4 Å². The Morgan fingerprint density at radius 2 is 1.70 bits per heavy atom. The summed E-state index contributed by atoms with van der Waals surface area (Å²) in [6.45, 7) is 6.51. The number of carbonyl (C=O) groups excluding carboxylic acids is 1. The van der Waals surface area contributed by atoms with Crippen LogP contribution in [0, 0.1) is 0 Å². The summed E-state index contributed by atoms with van der Waals surface area (Å²) in [6, 6.07) is 22.7. The Morgan fingerprint density at radius 3 is 2.43 bits per heavy atom. The first kappa shape index (κ1) is 32.5. The predicted molar refractivity (Wildman–Crippen MR) is 184 cm³/mol. The fourth-order valence-electron chi connectivity index (χ4n) is 6.24. The standard InChI is InChI=1S/C34H38Cl2N6O3S/c1-46(44,45)41-16-13-32-30(24-41)33(26-11-12-31(36)27(21-26)23-37-34(43)25-7-3-2-4-8-25)38-42(32)15-6-14-39-17-19-40(20-18-39)29-10-5-9-28(35)22-29/h2-5,7-12,21-22H,6,13-20,23-24H2,1H3,(H,37,43). The molecule has 1 saturated heterocycles. The zero-order chi connectivity index (χ0) is 32.3. The Morgan fingerprint density at radius 1 is 0.913 bits per heavy atom. The molecule has 1 fully saturated rings. The largest absolute Gasteiger partial charge is 0.369 e. The Labute approximate surface area is 280 Å². The highest BCUT2D eigenvalue weighted by Crippen LogP contribution is 2.33. The maximum atomic E-state index is 12.7. The van der Waals surface area contributed by atoms with Crippen LogP contribution in [-0.2, 0) is 36.1 Å². The highest BCUT2D eigenvalue weighted by molar-refractivity contribution is 7.88. The molecule has 2 aliphatic heterocycles. The molecule has 242 valence electrons. The fourth-order valence-corrected chi connectivity index (χ4v) is 7.39. The van der Waals surface area contributed by atoms with Gasteiger partial charge in [-0.05, 0) is 54.4 Å². The van der Waals surface area contributed by atoms with Crippen LogP contribution < -0.4 is 10.2 Å². The van der Waals surface area contributed by atoms with Gasteiger partial charge in [-0.15, -0.1) is 0 Å². The molecule has 2 aliphatic rings. The molecule has 4 aromatic rings. The summed E-state index contributed by atoms with van der Waals surface area (Å²) in [4.78, 5) is 17.5. The van der Waals surface area contributed by atoms with Gasteiger partial charge >= 0.3 is 0 Å². The number of sulfonamides is 1. The van der Waals surface area contributed by atoms with E-state index in [1.165, 1.54) is 10.6 Å². The molecule has 0 radical (unpaired) electrons. The lowest BCUT2D eigenvalue weighted by Crippen LogP contribution is -2.46. The first-order valence-corrected chi connectivity index (χ1v) is 18.1. The molecule has 1 amide bonds. The Kier molecular flexibility index (Phi) is 10.0. The molecular weight excluding hydrogens is 643 g/mol. The van der Waals surface area contributed by atoms with Crippen molar-refractivity contribution < 1.29 is 13.2 Å². The first-order valence-electron chi connectivity index (χ1n) is 15.5. The zero-order valence-corrected chi connectivity index (χ0v) is 28.2. The maximum Gasteiger partial charge on any atom is 0.251 e. The fraction of sp³-hybridized carbons (Fsp3) is 0.353. The molecule has 9 nitrogen and oxygen atoms in total. The average Bonchev–Trinajstić information content (AvgIpc) is 3.42. The average molecular weight is 682 g/mol. The molecule has 0 saturated carbocycles. The lowest BCUT2D eigenvalue weighted by molar-refractivity contribution is 0.0951. The highest BCUT2D eigenvalue weighted by Gasteiger charge is 2.30. The van der Waals surface area contributed by atoms with Crippen molar-refractivity contribution in [3.05, 3.63) is 105 Å². The van der Waals surface area contributed by atoms with Crippen LogP contribution in [0.15, 0.2) is 72.8 Å². The molecule has 0 bridgehead atoms. The third-order valence-corrected chi connectivity index (χ3v) is 10.6. The van der Waals surface area contributed by atoms with Crippen LogP contribution in [0.25, 0.3) is 11.3 Å². The number of carbonyl (C=O) groups is 1. The van der Waals surface area contributed by atoms with E-state index in [1.807, 2.05) is 54.6 Å². The second-order valence-electron chi connectivity index (χ2n) is 11.9. The van der Waals surface area contributed by atoms with Gasteiger partial charge in [-0.3, -0.25) is 14.4 Å². The number of aromatic nitrogens is 2. The minimum absolute atomic E-state index is 0.182. The summed E-state index contributed by atoms with van der Waals surface area (Å²) in [5.41, 5.74) is 6.10. The van der Waals surface area contributed by atoms with Gasteiger partial charge in [0, 0.05) is 103 Å². The Bertz CT molecular complexity index is 1810. The van der Waals surface area contributed by atoms with Crippen molar-refractivity contribution in [3.8, 4) is 11.3 Å². The van der Waals surface area contributed by atoms with Gasteiger partial charge in [0.1, 0.15) is 0 Å². The molecule has 0 spiro atoms. The van der Waals surface area contributed by atoms with E-state index >= 15 is 0 Å². The molecule has 46 heavy (non-hydrogen) atoms. The van der Waals surface area contributed by atoms with E-state index in [0.29, 0.717) is 23.6 Å². The van der Waals surface area contributed by atoms with Crippen molar-refractivity contribution in [2.24, 2.45) is 0 Å². The van der Waals surface area contributed by atoms with Crippen LogP contribution in [-0.4, -0.2) is 78.8 Å². The smallest absolute Gasteiger partial charge is 0.251 e. The van der Waals surface area contributed by atoms with Gasteiger partial charge in [-0.2, -0.15) is 9.40 Å². The van der Waals surface area contributed by atoms with Crippen LogP contribution in [0.2, 0.25) is 10.0 Å². The van der Waals surface area contributed by atoms with E-state index < -0.39 is 10.0 Å². The molecule has 1 aromatic heterocycles. The number of anilines is 1. The summed E-state index contributed by atoms with van der Waals surface area (Å²) in [7, 11) is -3.37. The molecule has 0 atom stereocenters.